The highest BCUT2D eigenvalue weighted by molar-refractivity contribution is 7.80. The molecular weight excluding hydrogens is 436 g/mol. The third-order valence-corrected chi connectivity index (χ3v) is 5.44. The zero-order valence-corrected chi connectivity index (χ0v) is 18.9. The van der Waals surface area contributed by atoms with E-state index in [0.717, 1.165) is 5.56 Å². The number of halogens is 1. The maximum Gasteiger partial charge on any atom is 0.338 e. The number of anilines is 2. The van der Waals surface area contributed by atoms with E-state index in [1.54, 1.807) is 61.3 Å². The van der Waals surface area contributed by atoms with Gasteiger partial charge < -0.3 is 25.6 Å². The molecule has 162 valence electrons. The van der Waals surface area contributed by atoms with Crippen LogP contribution >= 0.6 is 23.8 Å². The summed E-state index contributed by atoms with van der Waals surface area (Å²) in [4.78, 5) is 26.8. The summed E-state index contributed by atoms with van der Waals surface area (Å²) in [5.74, 6) is -0.413. The van der Waals surface area contributed by atoms with Crippen molar-refractivity contribution in [2.24, 2.45) is 0 Å². The van der Waals surface area contributed by atoms with Crippen molar-refractivity contribution in [2.45, 2.75) is 19.9 Å². The lowest BCUT2D eigenvalue weighted by atomic mass is 9.95. The number of carbonyl (C=O) groups is 2. The Hall–Kier alpha value is -3.10. The first-order chi connectivity index (χ1) is 14.8. The topological polar surface area (TPSA) is 82.7 Å². The minimum atomic E-state index is -0.500. The lowest BCUT2D eigenvalue weighted by molar-refractivity contribution is -0.139. The predicted molar refractivity (Wildman–Crippen MR) is 126 cm³/mol. The molecule has 0 radical (unpaired) electrons. The van der Waals surface area contributed by atoms with Gasteiger partial charge in [0.15, 0.2) is 5.11 Å². The number of carbonyl (C=O) groups excluding carboxylic acids is 2. The molecule has 0 aliphatic carbocycles. The number of nitrogens with zero attached hydrogens (tertiary/aromatic N) is 1. The van der Waals surface area contributed by atoms with Crippen LogP contribution in [-0.2, 0) is 9.53 Å². The van der Waals surface area contributed by atoms with Gasteiger partial charge in [-0.1, -0.05) is 29.8 Å². The van der Waals surface area contributed by atoms with Gasteiger partial charge in [-0.2, -0.15) is 0 Å². The minimum Gasteiger partial charge on any atom is -0.463 e. The van der Waals surface area contributed by atoms with Crippen molar-refractivity contribution < 1.29 is 14.3 Å². The lowest BCUT2D eigenvalue weighted by Gasteiger charge is -2.35. The zero-order chi connectivity index (χ0) is 22.5. The number of allylic oxidation sites excluding steroid dienone is 1. The number of ether oxygens (including phenoxy) is 1. The number of nitrogens with one attached hydrogen (secondary N) is 3. The molecule has 0 saturated heterocycles. The molecule has 3 N–H and O–H groups in total. The van der Waals surface area contributed by atoms with Gasteiger partial charge >= 0.3 is 12.0 Å². The SMILES string of the molecule is CCOC(=O)C1=C(C)N(C)C(=S)NC1c1cccc(NC(=O)Nc2cccc(Cl)c2)c1. The molecule has 1 unspecified atom stereocenters. The summed E-state index contributed by atoms with van der Waals surface area (Å²) in [6.45, 7) is 3.85. The Bertz CT molecular complexity index is 1060. The molecule has 3 rings (SSSR count). The number of rotatable bonds is 5. The molecule has 1 aliphatic rings. The van der Waals surface area contributed by atoms with Crippen LogP contribution in [0.5, 0.6) is 0 Å². The number of hydrogen-bond donors (Lipinski definition) is 3. The van der Waals surface area contributed by atoms with Crippen molar-refractivity contribution in [3.63, 3.8) is 0 Å². The van der Waals surface area contributed by atoms with Crippen molar-refractivity contribution in [3.05, 3.63) is 70.4 Å². The van der Waals surface area contributed by atoms with Crippen molar-refractivity contribution in [2.75, 3.05) is 24.3 Å². The summed E-state index contributed by atoms with van der Waals surface area (Å²) in [7, 11) is 1.79. The maximum absolute atomic E-state index is 12.7. The Kier molecular flexibility index (Phi) is 7.14. The number of urea groups is 1. The van der Waals surface area contributed by atoms with E-state index in [-0.39, 0.29) is 6.61 Å². The molecule has 1 heterocycles. The maximum atomic E-state index is 12.7. The standard InChI is InChI=1S/C22H23ClN4O3S/c1-4-30-20(28)18-13(2)27(3)22(31)26-19(18)14-7-5-9-16(11-14)24-21(29)25-17-10-6-8-15(23)12-17/h5-12,19H,4H2,1-3H3,(H,26,31)(H2,24,25,29). The number of hydrogen-bond acceptors (Lipinski definition) is 4. The fraction of sp³-hybridized carbons (Fsp3) is 0.227. The predicted octanol–water partition coefficient (Wildman–Crippen LogP) is 4.68. The average Bonchev–Trinajstić information content (AvgIpc) is 2.72. The van der Waals surface area contributed by atoms with Crippen molar-refractivity contribution in [1.29, 1.82) is 0 Å². The molecule has 1 atom stereocenters. The van der Waals surface area contributed by atoms with E-state index < -0.39 is 18.0 Å². The van der Waals surface area contributed by atoms with E-state index in [1.807, 2.05) is 13.0 Å². The molecule has 0 fully saturated rings. The molecule has 2 aromatic rings. The Balaban J connectivity index is 1.84. The summed E-state index contributed by atoms with van der Waals surface area (Å²) in [6.07, 6.45) is 0. The van der Waals surface area contributed by atoms with Crippen LogP contribution in [0.4, 0.5) is 16.2 Å². The van der Waals surface area contributed by atoms with Crippen molar-refractivity contribution in [1.82, 2.24) is 10.2 Å². The Labute approximate surface area is 191 Å². The highest BCUT2D eigenvalue weighted by atomic mass is 35.5. The van der Waals surface area contributed by atoms with E-state index >= 15 is 0 Å². The molecule has 0 bridgehead atoms. The van der Waals surface area contributed by atoms with Gasteiger partial charge in [-0.05, 0) is 62.0 Å². The smallest absolute Gasteiger partial charge is 0.338 e. The summed E-state index contributed by atoms with van der Waals surface area (Å²) < 4.78 is 5.26. The fourth-order valence-electron chi connectivity index (χ4n) is 3.21. The van der Waals surface area contributed by atoms with Gasteiger partial charge in [0.1, 0.15) is 0 Å². The summed E-state index contributed by atoms with van der Waals surface area (Å²) in [6, 6.07) is 13.2. The third-order valence-electron chi connectivity index (χ3n) is 4.81. The second kappa shape index (κ2) is 9.80. The Morgan fingerprint density at radius 1 is 1.16 bits per heavy atom. The second-order valence-electron chi connectivity index (χ2n) is 6.88. The molecule has 0 aromatic heterocycles. The van der Waals surface area contributed by atoms with E-state index in [9.17, 15) is 9.59 Å². The summed E-state index contributed by atoms with van der Waals surface area (Å²) >= 11 is 11.4. The average molecular weight is 459 g/mol. The fourth-order valence-corrected chi connectivity index (χ4v) is 3.66. The van der Waals surface area contributed by atoms with Gasteiger partial charge in [0.05, 0.1) is 18.2 Å². The van der Waals surface area contributed by atoms with E-state index in [1.165, 1.54) is 0 Å². The number of thiocarbonyl (C=S) groups is 1. The summed E-state index contributed by atoms with van der Waals surface area (Å²) in [5, 5.41) is 9.73. The van der Waals surface area contributed by atoms with E-state index in [0.29, 0.717) is 32.8 Å². The van der Waals surface area contributed by atoms with Crippen LogP contribution in [0.3, 0.4) is 0 Å². The van der Waals surface area contributed by atoms with Crippen LogP contribution in [0, 0.1) is 0 Å². The van der Waals surface area contributed by atoms with Crippen LogP contribution in [0.2, 0.25) is 5.02 Å². The highest BCUT2D eigenvalue weighted by Crippen LogP contribution is 2.32. The summed E-state index contributed by atoms with van der Waals surface area (Å²) in [5.41, 5.74) is 3.08. The molecular formula is C22H23ClN4O3S. The zero-order valence-electron chi connectivity index (χ0n) is 17.4. The molecule has 7 nitrogen and oxygen atoms in total. The monoisotopic (exact) mass is 458 g/mol. The van der Waals surface area contributed by atoms with Gasteiger partial charge in [-0.15, -0.1) is 0 Å². The first-order valence-electron chi connectivity index (χ1n) is 9.65. The van der Waals surface area contributed by atoms with Crippen LogP contribution < -0.4 is 16.0 Å². The molecule has 9 heteroatoms. The Morgan fingerprint density at radius 2 is 1.81 bits per heavy atom. The number of benzene rings is 2. The molecule has 1 aliphatic heterocycles. The van der Waals surface area contributed by atoms with E-state index in [4.69, 9.17) is 28.6 Å². The normalized spacial score (nSPS) is 15.9. The van der Waals surface area contributed by atoms with E-state index in [2.05, 4.69) is 16.0 Å². The van der Waals surface area contributed by atoms with Gasteiger partial charge in [0.2, 0.25) is 0 Å². The quantitative estimate of drug-likeness (QED) is 0.445. The minimum absolute atomic E-state index is 0.266. The first kappa shape index (κ1) is 22.6. The Morgan fingerprint density at radius 3 is 2.45 bits per heavy atom. The highest BCUT2D eigenvalue weighted by Gasteiger charge is 2.33. The van der Waals surface area contributed by atoms with Gasteiger partial charge in [0.25, 0.3) is 0 Å². The first-order valence-corrected chi connectivity index (χ1v) is 10.4. The molecule has 2 amide bonds. The van der Waals surface area contributed by atoms with Crippen LogP contribution in [0.15, 0.2) is 59.8 Å². The van der Waals surface area contributed by atoms with Crippen LogP contribution in [0.25, 0.3) is 0 Å². The lowest BCUT2D eigenvalue weighted by Crippen LogP contribution is -2.46. The van der Waals surface area contributed by atoms with Crippen molar-refractivity contribution in [3.8, 4) is 0 Å². The number of esters is 1. The van der Waals surface area contributed by atoms with Crippen LogP contribution in [0.1, 0.15) is 25.5 Å². The van der Waals surface area contributed by atoms with Crippen molar-refractivity contribution >= 4 is 52.3 Å². The molecule has 0 spiro atoms. The van der Waals surface area contributed by atoms with Gasteiger partial charge in [0, 0.05) is 29.1 Å². The van der Waals surface area contributed by atoms with Gasteiger partial charge in [-0.25, -0.2) is 9.59 Å². The molecule has 0 saturated carbocycles. The molecule has 31 heavy (non-hydrogen) atoms. The van der Waals surface area contributed by atoms with Crippen LogP contribution in [-0.4, -0.2) is 35.7 Å². The van der Waals surface area contributed by atoms with Gasteiger partial charge in [-0.3, -0.25) is 0 Å². The third kappa shape index (κ3) is 5.34. The molecule has 2 aromatic carbocycles. The second-order valence-corrected chi connectivity index (χ2v) is 7.70. The number of amides is 2. The largest absolute Gasteiger partial charge is 0.463 e.